The van der Waals surface area contributed by atoms with Crippen molar-refractivity contribution in [3.63, 3.8) is 0 Å². The van der Waals surface area contributed by atoms with Crippen LogP contribution in [0.1, 0.15) is 15.9 Å². The van der Waals surface area contributed by atoms with Gasteiger partial charge in [-0.15, -0.1) is 0 Å². The summed E-state index contributed by atoms with van der Waals surface area (Å²) in [6.07, 6.45) is 0. The molecule has 0 atom stereocenters. The Morgan fingerprint density at radius 3 is 2.34 bits per heavy atom. The fraction of sp³-hybridized carbons (Fsp3) is 0.0714. The Hall–Kier alpha value is -4.18. The highest BCUT2D eigenvalue weighted by Gasteiger charge is 2.16. The molecule has 0 spiro atoms. The number of methoxy groups -OCH3 is 1. The summed E-state index contributed by atoms with van der Waals surface area (Å²) in [6.45, 7) is 2.01. The third kappa shape index (κ3) is 3.56. The number of fused-ring (bicyclic) bond motifs is 2. The first-order valence-corrected chi connectivity index (χ1v) is 10.5. The van der Waals surface area contributed by atoms with Crippen LogP contribution in [0.4, 0.5) is 5.69 Å². The molecule has 5 rings (SSSR count). The minimum Gasteiger partial charge on any atom is -0.497 e. The largest absolute Gasteiger partial charge is 0.497 e. The zero-order valence-corrected chi connectivity index (χ0v) is 17.9. The number of ether oxygens (including phenoxy) is 1. The molecule has 1 amide bonds. The fourth-order valence-electron chi connectivity index (χ4n) is 4.00. The van der Waals surface area contributed by atoms with E-state index < -0.39 is 0 Å². The van der Waals surface area contributed by atoms with Crippen molar-refractivity contribution < 1.29 is 9.53 Å². The van der Waals surface area contributed by atoms with Crippen LogP contribution in [0, 0.1) is 6.92 Å². The number of benzene rings is 4. The molecule has 0 unspecified atom stereocenters. The van der Waals surface area contributed by atoms with Crippen LogP contribution in [0.5, 0.6) is 5.75 Å². The van der Waals surface area contributed by atoms with Crippen LogP contribution in [-0.4, -0.2) is 18.0 Å². The first kappa shape index (κ1) is 19.8. The number of nitrogens with zero attached hydrogens (tertiary/aromatic N) is 1. The van der Waals surface area contributed by atoms with Crippen molar-refractivity contribution in [1.82, 2.24) is 4.98 Å². The second-order valence-corrected chi connectivity index (χ2v) is 7.73. The zero-order chi connectivity index (χ0) is 22.1. The molecule has 1 aromatic heterocycles. The standard InChI is InChI=1S/C28H22N2O2/c1-18-11-12-19-7-3-4-8-22(19)27(18)30-28(31)24-17-26(20-13-15-21(32-2)16-14-20)29-25-10-6-5-9-23(24)25/h3-17H,1-2H3,(H,30,31). The first-order valence-electron chi connectivity index (χ1n) is 10.5. The van der Waals surface area contributed by atoms with E-state index in [0.717, 1.165) is 49.9 Å². The smallest absolute Gasteiger partial charge is 0.256 e. The number of pyridine rings is 1. The first-order chi connectivity index (χ1) is 15.6. The lowest BCUT2D eigenvalue weighted by atomic mass is 10.0. The molecule has 1 N–H and O–H groups in total. The second-order valence-electron chi connectivity index (χ2n) is 7.73. The Morgan fingerprint density at radius 1 is 0.844 bits per heavy atom. The SMILES string of the molecule is COc1ccc(-c2cc(C(=O)Nc3c(C)ccc4ccccc34)c3ccccc3n2)cc1. The van der Waals surface area contributed by atoms with Crippen LogP contribution in [0.3, 0.4) is 0 Å². The number of carbonyl (C=O) groups is 1. The van der Waals surface area contributed by atoms with E-state index in [1.54, 1.807) is 7.11 Å². The van der Waals surface area contributed by atoms with Crippen LogP contribution in [-0.2, 0) is 0 Å². The lowest BCUT2D eigenvalue weighted by Crippen LogP contribution is -2.14. The van der Waals surface area contributed by atoms with E-state index in [2.05, 4.69) is 11.4 Å². The molecule has 0 fully saturated rings. The number of hydrogen-bond donors (Lipinski definition) is 1. The minimum absolute atomic E-state index is 0.155. The Bertz CT molecular complexity index is 1460. The number of para-hydroxylation sites is 1. The van der Waals surface area contributed by atoms with E-state index in [1.807, 2.05) is 91.9 Å². The maximum atomic E-state index is 13.5. The summed E-state index contributed by atoms with van der Waals surface area (Å²) in [7, 11) is 1.64. The molecular weight excluding hydrogens is 396 g/mol. The number of aryl methyl sites for hydroxylation is 1. The molecule has 0 bridgehead atoms. The summed E-state index contributed by atoms with van der Waals surface area (Å²) in [5.41, 5.74) is 4.89. The molecule has 5 aromatic rings. The highest BCUT2D eigenvalue weighted by Crippen LogP contribution is 2.30. The monoisotopic (exact) mass is 418 g/mol. The van der Waals surface area contributed by atoms with E-state index in [9.17, 15) is 4.79 Å². The molecule has 0 saturated carbocycles. The summed E-state index contributed by atoms with van der Waals surface area (Å²) in [6, 6.07) is 29.5. The van der Waals surface area contributed by atoms with Gasteiger partial charge in [-0.05, 0) is 54.3 Å². The predicted molar refractivity (Wildman–Crippen MR) is 130 cm³/mol. The van der Waals surface area contributed by atoms with Gasteiger partial charge in [-0.2, -0.15) is 0 Å². The van der Waals surface area contributed by atoms with Crippen LogP contribution in [0.2, 0.25) is 0 Å². The van der Waals surface area contributed by atoms with Crippen molar-refractivity contribution in [2.75, 3.05) is 12.4 Å². The van der Waals surface area contributed by atoms with Crippen molar-refractivity contribution in [2.45, 2.75) is 6.92 Å². The average molecular weight is 418 g/mol. The maximum Gasteiger partial charge on any atom is 0.256 e. The van der Waals surface area contributed by atoms with E-state index in [1.165, 1.54) is 0 Å². The van der Waals surface area contributed by atoms with Gasteiger partial charge in [0.05, 0.1) is 29.6 Å². The number of carbonyl (C=O) groups excluding carboxylic acids is 1. The van der Waals surface area contributed by atoms with Gasteiger partial charge in [0, 0.05) is 16.3 Å². The molecule has 32 heavy (non-hydrogen) atoms. The Balaban J connectivity index is 1.62. The second kappa shape index (κ2) is 8.16. The van der Waals surface area contributed by atoms with E-state index >= 15 is 0 Å². The third-order valence-corrected chi connectivity index (χ3v) is 5.72. The van der Waals surface area contributed by atoms with Gasteiger partial charge in [0.15, 0.2) is 0 Å². The molecule has 0 saturated heterocycles. The Kier molecular flexibility index (Phi) is 5.04. The quantitative estimate of drug-likeness (QED) is 0.357. The average Bonchev–Trinajstić information content (AvgIpc) is 2.85. The van der Waals surface area contributed by atoms with Gasteiger partial charge in [0.1, 0.15) is 5.75 Å². The van der Waals surface area contributed by atoms with Crippen LogP contribution < -0.4 is 10.1 Å². The Morgan fingerprint density at radius 2 is 1.56 bits per heavy atom. The molecule has 0 radical (unpaired) electrons. The van der Waals surface area contributed by atoms with Gasteiger partial charge in [-0.25, -0.2) is 4.98 Å². The fourth-order valence-corrected chi connectivity index (χ4v) is 4.00. The number of nitrogens with one attached hydrogen (secondary N) is 1. The van der Waals surface area contributed by atoms with Crippen molar-refractivity contribution in [3.05, 3.63) is 102 Å². The molecule has 1 heterocycles. The lowest BCUT2D eigenvalue weighted by Gasteiger charge is -2.14. The number of rotatable bonds is 4. The number of hydrogen-bond acceptors (Lipinski definition) is 3. The molecular formula is C28H22N2O2. The molecule has 156 valence electrons. The zero-order valence-electron chi connectivity index (χ0n) is 17.9. The summed E-state index contributed by atoms with van der Waals surface area (Å²) in [4.78, 5) is 18.3. The number of amides is 1. The van der Waals surface area contributed by atoms with Crippen molar-refractivity contribution in [1.29, 1.82) is 0 Å². The molecule has 4 aromatic carbocycles. The van der Waals surface area contributed by atoms with Crippen LogP contribution in [0.25, 0.3) is 32.9 Å². The summed E-state index contributed by atoms with van der Waals surface area (Å²) in [5, 5.41) is 6.10. The van der Waals surface area contributed by atoms with Gasteiger partial charge in [0.2, 0.25) is 0 Å². The summed E-state index contributed by atoms with van der Waals surface area (Å²) in [5.74, 6) is 0.622. The maximum absolute atomic E-state index is 13.5. The van der Waals surface area contributed by atoms with Crippen molar-refractivity contribution >= 4 is 33.3 Å². The number of anilines is 1. The Labute approximate surface area is 186 Å². The molecule has 0 aliphatic rings. The van der Waals surface area contributed by atoms with Gasteiger partial charge in [-0.3, -0.25) is 4.79 Å². The van der Waals surface area contributed by atoms with E-state index in [0.29, 0.717) is 5.56 Å². The van der Waals surface area contributed by atoms with E-state index in [-0.39, 0.29) is 5.91 Å². The van der Waals surface area contributed by atoms with Crippen molar-refractivity contribution in [3.8, 4) is 17.0 Å². The van der Waals surface area contributed by atoms with Gasteiger partial charge in [0.25, 0.3) is 5.91 Å². The molecule has 4 nitrogen and oxygen atoms in total. The lowest BCUT2D eigenvalue weighted by molar-refractivity contribution is 0.102. The molecule has 4 heteroatoms. The topological polar surface area (TPSA) is 51.2 Å². The van der Waals surface area contributed by atoms with Crippen LogP contribution >= 0.6 is 0 Å². The molecule has 0 aliphatic carbocycles. The highest BCUT2D eigenvalue weighted by molar-refractivity contribution is 6.15. The minimum atomic E-state index is -0.155. The number of aromatic nitrogens is 1. The third-order valence-electron chi connectivity index (χ3n) is 5.72. The predicted octanol–water partition coefficient (Wildman–Crippen LogP) is 6.62. The summed E-state index contributed by atoms with van der Waals surface area (Å²) < 4.78 is 5.27. The van der Waals surface area contributed by atoms with Gasteiger partial charge < -0.3 is 10.1 Å². The normalized spacial score (nSPS) is 10.9. The van der Waals surface area contributed by atoms with Gasteiger partial charge >= 0.3 is 0 Å². The highest BCUT2D eigenvalue weighted by atomic mass is 16.5. The van der Waals surface area contributed by atoms with E-state index in [4.69, 9.17) is 9.72 Å². The van der Waals surface area contributed by atoms with Gasteiger partial charge in [-0.1, -0.05) is 54.6 Å². The van der Waals surface area contributed by atoms with Crippen molar-refractivity contribution in [2.24, 2.45) is 0 Å². The molecule has 0 aliphatic heterocycles. The van der Waals surface area contributed by atoms with Crippen LogP contribution in [0.15, 0.2) is 91.0 Å². The summed E-state index contributed by atoms with van der Waals surface area (Å²) >= 11 is 0.